The molecule has 9 N–H and O–H groups in total. The van der Waals surface area contributed by atoms with Gasteiger partial charge in [0.15, 0.2) is 12.6 Å². The van der Waals surface area contributed by atoms with Gasteiger partial charge in [-0.05, 0) is 19.3 Å². The maximum Gasteiger partial charge on any atom is 0.220 e. The van der Waals surface area contributed by atoms with Gasteiger partial charge in [0.1, 0.15) is 48.8 Å². The number of carbonyl (C=O) groups excluding carboxylic acids is 1. The molecule has 2 aliphatic heterocycles. The molecule has 0 aromatic carbocycles. The van der Waals surface area contributed by atoms with Crippen molar-refractivity contribution in [3.05, 3.63) is 12.2 Å². The number of unbranched alkanes of at least 4 members (excludes halogenated alkanes) is 42. The lowest BCUT2D eigenvalue weighted by Gasteiger charge is -2.46. The molecule has 0 aromatic rings. The number of hydrogen-bond acceptors (Lipinski definition) is 13. The Bertz CT molecular complexity index is 1380. The average Bonchev–Trinajstić information content (AvgIpc) is 3.47. The first-order valence-corrected chi connectivity index (χ1v) is 33.4. The van der Waals surface area contributed by atoms with E-state index in [0.29, 0.717) is 6.42 Å². The Balaban J connectivity index is 1.66. The van der Waals surface area contributed by atoms with E-state index in [-0.39, 0.29) is 18.9 Å². The van der Waals surface area contributed by atoms with Crippen LogP contribution in [0.5, 0.6) is 0 Å². The molecule has 0 radical (unpaired) electrons. The lowest BCUT2D eigenvalue weighted by atomic mass is 9.97. The molecule has 2 heterocycles. The van der Waals surface area contributed by atoms with Crippen molar-refractivity contribution in [3.8, 4) is 0 Å². The zero-order valence-electron chi connectivity index (χ0n) is 50.6. The van der Waals surface area contributed by atoms with Crippen LogP contribution in [0.2, 0.25) is 0 Å². The predicted molar refractivity (Wildman–Crippen MR) is 319 cm³/mol. The topological polar surface area (TPSA) is 228 Å². The van der Waals surface area contributed by atoms with Gasteiger partial charge in [0, 0.05) is 6.42 Å². The van der Waals surface area contributed by atoms with Gasteiger partial charge in [0.05, 0.1) is 32.0 Å². The summed E-state index contributed by atoms with van der Waals surface area (Å²) in [4.78, 5) is 13.3. The molecule has 2 fully saturated rings. The van der Waals surface area contributed by atoms with Crippen LogP contribution in [0.4, 0.5) is 0 Å². The number of allylic oxidation sites excluding steroid dienone is 1. The summed E-state index contributed by atoms with van der Waals surface area (Å²) < 4.78 is 22.8. The summed E-state index contributed by atoms with van der Waals surface area (Å²) in [6, 6.07) is -0.910. The second-order valence-corrected chi connectivity index (χ2v) is 24.0. The van der Waals surface area contributed by atoms with Crippen LogP contribution in [0.15, 0.2) is 12.2 Å². The first-order valence-electron chi connectivity index (χ1n) is 33.4. The van der Waals surface area contributed by atoms with Gasteiger partial charge in [-0.2, -0.15) is 0 Å². The Labute approximate surface area is 482 Å². The summed E-state index contributed by atoms with van der Waals surface area (Å²) in [5, 5.41) is 87.2. The summed E-state index contributed by atoms with van der Waals surface area (Å²) in [6.45, 7) is 2.84. The van der Waals surface area contributed by atoms with Crippen LogP contribution in [0.3, 0.4) is 0 Å². The van der Waals surface area contributed by atoms with Crippen molar-refractivity contribution in [2.45, 2.75) is 376 Å². The molecule has 2 rings (SSSR count). The monoisotopic (exact) mass is 1130 g/mol. The molecule has 14 heteroatoms. The highest BCUT2D eigenvalue weighted by atomic mass is 16.7. The number of aliphatic hydroxyl groups excluding tert-OH is 8. The van der Waals surface area contributed by atoms with Gasteiger partial charge in [0.25, 0.3) is 0 Å². The van der Waals surface area contributed by atoms with Gasteiger partial charge in [-0.25, -0.2) is 0 Å². The third-order valence-corrected chi connectivity index (χ3v) is 16.7. The number of carbonyl (C=O) groups is 1. The van der Waals surface area contributed by atoms with Crippen molar-refractivity contribution in [1.82, 2.24) is 5.32 Å². The van der Waals surface area contributed by atoms with E-state index in [4.69, 9.17) is 18.9 Å². The van der Waals surface area contributed by atoms with Crippen LogP contribution >= 0.6 is 0 Å². The highest BCUT2D eigenvalue weighted by molar-refractivity contribution is 5.76. The molecule has 1 amide bonds. The fraction of sp³-hybridized carbons (Fsp3) is 0.954. The average molecular weight is 1130 g/mol. The Morgan fingerprint density at radius 3 is 1.16 bits per heavy atom. The van der Waals surface area contributed by atoms with E-state index in [2.05, 4.69) is 19.2 Å². The van der Waals surface area contributed by atoms with Crippen molar-refractivity contribution in [2.24, 2.45) is 0 Å². The minimum absolute atomic E-state index is 0.232. The van der Waals surface area contributed by atoms with Crippen LogP contribution in [-0.2, 0) is 23.7 Å². The number of aliphatic hydroxyl groups is 8. The van der Waals surface area contributed by atoms with Crippen LogP contribution < -0.4 is 5.32 Å². The maximum atomic E-state index is 13.3. The third kappa shape index (κ3) is 36.2. The van der Waals surface area contributed by atoms with Gasteiger partial charge < -0.3 is 65.1 Å². The first kappa shape index (κ1) is 73.8. The predicted octanol–water partition coefficient (Wildman–Crippen LogP) is 12.6. The number of rotatable bonds is 55. The van der Waals surface area contributed by atoms with Crippen molar-refractivity contribution in [1.29, 1.82) is 0 Å². The van der Waals surface area contributed by atoms with Crippen LogP contribution in [0.25, 0.3) is 0 Å². The molecule has 12 atom stereocenters. The van der Waals surface area contributed by atoms with Crippen LogP contribution in [0.1, 0.15) is 303 Å². The molecule has 79 heavy (non-hydrogen) atoms. The normalized spacial score (nSPS) is 24.4. The summed E-state index contributed by atoms with van der Waals surface area (Å²) in [6.07, 6.45) is 44.1. The highest BCUT2D eigenvalue weighted by Gasteiger charge is 2.51. The van der Waals surface area contributed by atoms with Gasteiger partial charge >= 0.3 is 0 Å². The smallest absolute Gasteiger partial charge is 0.220 e. The molecule has 0 aromatic heterocycles. The van der Waals surface area contributed by atoms with Crippen molar-refractivity contribution < 1.29 is 64.6 Å². The Morgan fingerprint density at radius 1 is 0.443 bits per heavy atom. The number of nitrogens with one attached hydrogen (secondary N) is 1. The van der Waals surface area contributed by atoms with Crippen LogP contribution in [-0.4, -0.2) is 140 Å². The molecule has 468 valence electrons. The Hall–Kier alpha value is -1.27. The van der Waals surface area contributed by atoms with E-state index in [9.17, 15) is 45.6 Å². The fourth-order valence-corrected chi connectivity index (χ4v) is 11.4. The number of amides is 1. The van der Waals surface area contributed by atoms with Gasteiger partial charge in [0.2, 0.25) is 5.91 Å². The SMILES string of the molecule is CCCCCCCCCCCCCCCC/C=C/[C@@H](O)[C@H](CO[C@@H]1O[C@H](CO)[C@@H](O[C@@H]2O[C@H](CO)[C@H](O)C(O)C2O)C(O)C1O)NC(=O)CCCCCCCCCCCCCCCCCCCCCCCCCCCCCCC. The lowest BCUT2D eigenvalue weighted by molar-refractivity contribution is -0.359. The summed E-state index contributed by atoms with van der Waals surface area (Å²) in [5.74, 6) is -0.232. The van der Waals surface area contributed by atoms with Crippen LogP contribution in [0, 0.1) is 0 Å². The molecule has 2 saturated heterocycles. The maximum absolute atomic E-state index is 13.3. The summed E-state index contributed by atoms with van der Waals surface area (Å²) >= 11 is 0. The minimum atomic E-state index is -1.79. The molecule has 2 aliphatic rings. The van der Waals surface area contributed by atoms with E-state index in [1.807, 2.05) is 6.08 Å². The van der Waals surface area contributed by atoms with Gasteiger partial charge in [-0.3, -0.25) is 4.79 Å². The molecule has 0 saturated carbocycles. The second kappa shape index (κ2) is 51.2. The largest absolute Gasteiger partial charge is 0.394 e. The lowest BCUT2D eigenvalue weighted by Crippen LogP contribution is -2.65. The fourth-order valence-electron chi connectivity index (χ4n) is 11.4. The molecule has 0 aliphatic carbocycles. The molecule has 4 unspecified atom stereocenters. The molecule has 0 spiro atoms. The summed E-state index contributed by atoms with van der Waals surface area (Å²) in [5.41, 5.74) is 0. The van der Waals surface area contributed by atoms with Crippen molar-refractivity contribution >= 4 is 5.91 Å². The Morgan fingerprint density at radius 2 is 0.785 bits per heavy atom. The molecule has 14 nitrogen and oxygen atoms in total. The van der Waals surface area contributed by atoms with Gasteiger partial charge in [-0.1, -0.05) is 289 Å². The number of ether oxygens (including phenoxy) is 4. The van der Waals surface area contributed by atoms with E-state index in [1.54, 1.807) is 6.08 Å². The first-order chi connectivity index (χ1) is 38.6. The van der Waals surface area contributed by atoms with Gasteiger partial charge in [-0.15, -0.1) is 0 Å². The van der Waals surface area contributed by atoms with Crippen molar-refractivity contribution in [2.75, 3.05) is 19.8 Å². The minimum Gasteiger partial charge on any atom is -0.394 e. The van der Waals surface area contributed by atoms with Crippen molar-refractivity contribution in [3.63, 3.8) is 0 Å². The zero-order chi connectivity index (χ0) is 57.4. The third-order valence-electron chi connectivity index (χ3n) is 16.7. The standard InChI is InChI=1S/C65H125NO13/c1-3-5-7-9-11-13-15-17-19-21-22-23-24-25-26-27-28-29-30-31-32-33-35-37-39-41-43-45-47-49-57(70)66-53(54(69)48-46-44-42-40-38-36-34-20-18-16-14-12-10-8-6-4-2)52-76-64-62(75)60(73)63(56(51-68)78-64)79-65-61(74)59(72)58(71)55(50-67)77-65/h46,48,53-56,58-65,67-69,71-75H,3-45,47,49-52H2,1-2H3,(H,66,70)/b48-46+/t53-,54+,55+,56+,58-,59?,60?,61?,62?,63+,64+,65-/m0/s1. The van der Waals surface area contributed by atoms with E-state index in [0.717, 1.165) is 38.5 Å². The summed E-state index contributed by atoms with van der Waals surface area (Å²) in [7, 11) is 0. The quantitative estimate of drug-likeness (QED) is 0.0204. The van der Waals surface area contributed by atoms with E-state index in [1.165, 1.54) is 238 Å². The van der Waals surface area contributed by atoms with E-state index < -0.39 is 86.8 Å². The second-order valence-electron chi connectivity index (χ2n) is 24.0. The zero-order valence-corrected chi connectivity index (χ0v) is 50.6. The number of hydrogen-bond donors (Lipinski definition) is 9. The highest BCUT2D eigenvalue weighted by Crippen LogP contribution is 2.30. The molecule has 0 bridgehead atoms. The Kier molecular flexibility index (Phi) is 47.8. The molecular weight excluding hydrogens is 1000 g/mol. The molecular formula is C65H125NO13. The van der Waals surface area contributed by atoms with E-state index >= 15 is 0 Å².